The average Bonchev–Trinajstić information content (AvgIpc) is 2.67. The normalized spacial score (nSPS) is 21.3. The van der Waals surface area contributed by atoms with Crippen LogP contribution in [0.4, 0.5) is 0 Å². The lowest BCUT2D eigenvalue weighted by molar-refractivity contribution is 0.326. The molecule has 3 nitrogen and oxygen atoms in total. The topological polar surface area (TPSA) is 38.5 Å². The van der Waals surface area contributed by atoms with Gasteiger partial charge in [-0.05, 0) is 30.2 Å². The van der Waals surface area contributed by atoms with Crippen molar-refractivity contribution in [3.8, 4) is 5.75 Å². The summed E-state index contributed by atoms with van der Waals surface area (Å²) in [6, 6.07) is 6.06. The van der Waals surface area contributed by atoms with Gasteiger partial charge in [-0.15, -0.1) is 0 Å². The summed E-state index contributed by atoms with van der Waals surface area (Å²) >= 11 is 6.15. The van der Waals surface area contributed by atoms with Crippen LogP contribution in [0.2, 0.25) is 5.02 Å². The monoisotopic (exact) mass is 240 g/mol. The first-order chi connectivity index (χ1) is 7.69. The number of benzene rings is 1. The standard InChI is InChI=1S/C12H17ClN2O/c1-16-11-2-3-12(13)9(6-11)7-15-5-4-10(14)8-15/h2-3,6,10H,4-5,7-8,14H2,1H3. The summed E-state index contributed by atoms with van der Waals surface area (Å²) in [7, 11) is 1.67. The molecular weight excluding hydrogens is 224 g/mol. The van der Waals surface area contributed by atoms with Crippen molar-refractivity contribution in [3.63, 3.8) is 0 Å². The molecule has 0 aromatic heterocycles. The molecule has 1 aromatic carbocycles. The molecule has 1 heterocycles. The zero-order chi connectivity index (χ0) is 11.5. The quantitative estimate of drug-likeness (QED) is 0.877. The first kappa shape index (κ1) is 11.7. The van der Waals surface area contributed by atoms with Gasteiger partial charge >= 0.3 is 0 Å². The first-order valence-electron chi connectivity index (χ1n) is 5.49. The SMILES string of the molecule is COc1ccc(Cl)c(CN2CCC(N)C2)c1. The van der Waals surface area contributed by atoms with Crippen LogP contribution in [0.1, 0.15) is 12.0 Å². The van der Waals surface area contributed by atoms with Crippen molar-refractivity contribution >= 4 is 11.6 Å². The molecule has 1 aliphatic heterocycles. The third-order valence-corrected chi connectivity index (χ3v) is 3.32. The van der Waals surface area contributed by atoms with Crippen LogP contribution < -0.4 is 10.5 Å². The second-order valence-corrected chi connectivity index (χ2v) is 4.65. The van der Waals surface area contributed by atoms with Crippen molar-refractivity contribution < 1.29 is 4.74 Å². The minimum atomic E-state index is 0.310. The molecule has 2 rings (SSSR count). The van der Waals surface area contributed by atoms with Crippen LogP contribution in [0.5, 0.6) is 5.75 Å². The fourth-order valence-corrected chi connectivity index (χ4v) is 2.22. The highest BCUT2D eigenvalue weighted by atomic mass is 35.5. The number of nitrogens with two attached hydrogens (primary N) is 1. The maximum absolute atomic E-state index is 6.15. The first-order valence-corrected chi connectivity index (χ1v) is 5.87. The Kier molecular flexibility index (Phi) is 3.69. The smallest absolute Gasteiger partial charge is 0.119 e. The molecule has 0 bridgehead atoms. The van der Waals surface area contributed by atoms with Gasteiger partial charge in [-0.3, -0.25) is 4.90 Å². The molecule has 1 atom stereocenters. The Morgan fingerprint density at radius 2 is 2.38 bits per heavy atom. The van der Waals surface area contributed by atoms with Crippen LogP contribution in [-0.2, 0) is 6.54 Å². The number of nitrogens with zero attached hydrogens (tertiary/aromatic N) is 1. The third-order valence-electron chi connectivity index (χ3n) is 2.96. The summed E-state index contributed by atoms with van der Waals surface area (Å²) in [5.74, 6) is 0.850. The van der Waals surface area contributed by atoms with E-state index in [0.29, 0.717) is 6.04 Å². The van der Waals surface area contributed by atoms with Gasteiger partial charge in [0.2, 0.25) is 0 Å². The molecule has 1 fully saturated rings. The fraction of sp³-hybridized carbons (Fsp3) is 0.500. The van der Waals surface area contributed by atoms with Crippen molar-refractivity contribution in [1.29, 1.82) is 0 Å². The summed E-state index contributed by atoms with van der Waals surface area (Å²) in [5.41, 5.74) is 6.98. The summed E-state index contributed by atoms with van der Waals surface area (Å²) < 4.78 is 5.19. The van der Waals surface area contributed by atoms with Crippen LogP contribution in [0.3, 0.4) is 0 Å². The Labute approximate surface area is 101 Å². The highest BCUT2D eigenvalue weighted by Gasteiger charge is 2.19. The lowest BCUT2D eigenvalue weighted by Gasteiger charge is -2.16. The van der Waals surface area contributed by atoms with E-state index in [0.717, 1.165) is 42.4 Å². The van der Waals surface area contributed by atoms with Crippen molar-refractivity contribution in [2.45, 2.75) is 19.0 Å². The number of rotatable bonds is 3. The molecule has 1 aromatic rings. The van der Waals surface area contributed by atoms with Gasteiger partial charge in [0.15, 0.2) is 0 Å². The number of halogens is 1. The molecule has 0 aliphatic carbocycles. The van der Waals surface area contributed by atoms with E-state index in [9.17, 15) is 0 Å². The maximum atomic E-state index is 6.15. The molecule has 0 spiro atoms. The van der Waals surface area contributed by atoms with E-state index >= 15 is 0 Å². The Balaban J connectivity index is 2.08. The molecular formula is C12H17ClN2O. The summed E-state index contributed by atoms with van der Waals surface area (Å²) in [4.78, 5) is 2.32. The van der Waals surface area contributed by atoms with Gasteiger partial charge in [-0.25, -0.2) is 0 Å². The number of hydrogen-bond donors (Lipinski definition) is 1. The molecule has 0 saturated carbocycles. The van der Waals surface area contributed by atoms with E-state index in [1.54, 1.807) is 7.11 Å². The van der Waals surface area contributed by atoms with Crippen LogP contribution in [0.25, 0.3) is 0 Å². The minimum absolute atomic E-state index is 0.310. The van der Waals surface area contributed by atoms with E-state index in [1.165, 1.54) is 0 Å². The number of methoxy groups -OCH3 is 1. The Bertz CT molecular complexity index is 370. The van der Waals surface area contributed by atoms with Crippen LogP contribution in [0.15, 0.2) is 18.2 Å². The zero-order valence-corrected chi connectivity index (χ0v) is 10.2. The van der Waals surface area contributed by atoms with Gasteiger partial charge in [0.05, 0.1) is 7.11 Å². The summed E-state index contributed by atoms with van der Waals surface area (Å²) in [6.45, 7) is 2.85. The van der Waals surface area contributed by atoms with Crippen molar-refractivity contribution in [2.24, 2.45) is 5.73 Å². The number of hydrogen-bond acceptors (Lipinski definition) is 3. The molecule has 2 N–H and O–H groups in total. The molecule has 1 aliphatic rings. The summed E-state index contributed by atoms with van der Waals surface area (Å²) in [6.07, 6.45) is 1.07. The van der Waals surface area contributed by atoms with Crippen molar-refractivity contribution in [3.05, 3.63) is 28.8 Å². The second-order valence-electron chi connectivity index (χ2n) is 4.24. The number of likely N-dealkylation sites (tertiary alicyclic amines) is 1. The largest absolute Gasteiger partial charge is 0.497 e. The number of ether oxygens (including phenoxy) is 1. The van der Waals surface area contributed by atoms with Gasteiger partial charge < -0.3 is 10.5 Å². The molecule has 0 radical (unpaired) electrons. The lowest BCUT2D eigenvalue weighted by Crippen LogP contribution is -2.26. The predicted molar refractivity (Wildman–Crippen MR) is 65.9 cm³/mol. The van der Waals surface area contributed by atoms with Gasteiger partial charge in [0.1, 0.15) is 5.75 Å². The van der Waals surface area contributed by atoms with Crippen LogP contribution >= 0.6 is 11.6 Å². The van der Waals surface area contributed by atoms with Gasteiger partial charge in [-0.2, -0.15) is 0 Å². The maximum Gasteiger partial charge on any atom is 0.119 e. The molecule has 16 heavy (non-hydrogen) atoms. The van der Waals surface area contributed by atoms with Crippen molar-refractivity contribution in [1.82, 2.24) is 4.90 Å². The van der Waals surface area contributed by atoms with E-state index in [-0.39, 0.29) is 0 Å². The molecule has 1 saturated heterocycles. The van der Waals surface area contributed by atoms with Gasteiger partial charge in [0.25, 0.3) is 0 Å². The van der Waals surface area contributed by atoms with E-state index in [2.05, 4.69) is 4.90 Å². The van der Waals surface area contributed by atoms with Gasteiger partial charge in [0, 0.05) is 30.7 Å². The average molecular weight is 241 g/mol. The molecule has 1 unspecified atom stereocenters. The van der Waals surface area contributed by atoms with Crippen LogP contribution in [-0.4, -0.2) is 31.1 Å². The molecule has 4 heteroatoms. The minimum Gasteiger partial charge on any atom is -0.497 e. The summed E-state index contributed by atoms with van der Waals surface area (Å²) in [5, 5.41) is 0.793. The highest BCUT2D eigenvalue weighted by Crippen LogP contribution is 2.24. The molecule has 88 valence electrons. The Morgan fingerprint density at radius 1 is 1.56 bits per heavy atom. The Morgan fingerprint density at radius 3 is 3.00 bits per heavy atom. The Hall–Kier alpha value is -0.770. The molecule has 0 amide bonds. The van der Waals surface area contributed by atoms with Crippen molar-refractivity contribution in [2.75, 3.05) is 20.2 Å². The highest BCUT2D eigenvalue weighted by molar-refractivity contribution is 6.31. The van der Waals surface area contributed by atoms with E-state index in [1.807, 2.05) is 18.2 Å². The second kappa shape index (κ2) is 5.04. The van der Waals surface area contributed by atoms with E-state index < -0.39 is 0 Å². The fourth-order valence-electron chi connectivity index (χ4n) is 2.05. The predicted octanol–water partition coefficient (Wildman–Crippen LogP) is 1.88. The van der Waals surface area contributed by atoms with Crippen LogP contribution in [0, 0.1) is 0 Å². The third kappa shape index (κ3) is 2.67. The lowest BCUT2D eigenvalue weighted by atomic mass is 10.2. The van der Waals surface area contributed by atoms with E-state index in [4.69, 9.17) is 22.1 Å². The zero-order valence-electron chi connectivity index (χ0n) is 9.45. The van der Waals surface area contributed by atoms with Gasteiger partial charge in [-0.1, -0.05) is 11.6 Å².